The van der Waals surface area contributed by atoms with Crippen molar-refractivity contribution in [2.45, 2.75) is 13.0 Å². The monoisotopic (exact) mass is 436 g/mol. The fourth-order valence-corrected chi connectivity index (χ4v) is 4.17. The summed E-state index contributed by atoms with van der Waals surface area (Å²) in [4.78, 5) is 34.6. The largest absolute Gasteiger partial charge is 0.495 e. The number of methoxy groups -OCH3 is 1. The molecule has 0 spiro atoms. The molecule has 2 aromatic rings. The van der Waals surface area contributed by atoms with Gasteiger partial charge in [-0.1, -0.05) is 42.5 Å². The van der Waals surface area contributed by atoms with Crippen LogP contribution in [0.2, 0.25) is 0 Å². The molecular formula is C24H28N4O4. The first-order valence-electron chi connectivity index (χ1n) is 10.9. The normalized spacial score (nSPS) is 20.9. The van der Waals surface area contributed by atoms with E-state index in [1.165, 1.54) is 0 Å². The summed E-state index contributed by atoms with van der Waals surface area (Å²) >= 11 is 0. The summed E-state index contributed by atoms with van der Waals surface area (Å²) in [5.41, 5.74) is 1.86. The van der Waals surface area contributed by atoms with E-state index in [0.717, 1.165) is 30.1 Å². The Hall–Kier alpha value is -3.55. The molecule has 0 aliphatic carbocycles. The van der Waals surface area contributed by atoms with Crippen LogP contribution in [0, 0.1) is 5.92 Å². The number of amides is 1. The van der Waals surface area contributed by atoms with Crippen LogP contribution in [-0.2, 0) is 14.3 Å². The van der Waals surface area contributed by atoms with Crippen LogP contribution in [0.3, 0.4) is 0 Å². The molecule has 0 bridgehead atoms. The Kier molecular flexibility index (Phi) is 6.58. The highest BCUT2D eigenvalue weighted by Gasteiger charge is 2.42. The summed E-state index contributed by atoms with van der Waals surface area (Å²) in [6.45, 7) is 4.82. The lowest BCUT2D eigenvalue weighted by molar-refractivity contribution is -0.153. The Balaban J connectivity index is 1.55. The number of anilines is 1. The molecular weight excluding hydrogens is 408 g/mol. The minimum Gasteiger partial charge on any atom is -0.495 e. The number of aliphatic imine (C=N–C) groups is 1. The molecule has 2 atom stereocenters. The van der Waals surface area contributed by atoms with Crippen molar-refractivity contribution in [3.8, 4) is 5.75 Å². The Bertz CT molecular complexity index is 987. The highest BCUT2D eigenvalue weighted by atomic mass is 16.5. The van der Waals surface area contributed by atoms with Gasteiger partial charge in [-0.25, -0.2) is 4.99 Å². The summed E-state index contributed by atoms with van der Waals surface area (Å²) in [6.07, 6.45) is 0. The van der Waals surface area contributed by atoms with Gasteiger partial charge in [0.15, 0.2) is 5.92 Å². The molecule has 0 radical (unpaired) electrons. The van der Waals surface area contributed by atoms with Gasteiger partial charge in [0.1, 0.15) is 11.8 Å². The predicted octanol–water partition coefficient (Wildman–Crippen LogP) is 2.22. The van der Waals surface area contributed by atoms with E-state index >= 15 is 0 Å². The molecule has 0 aromatic heterocycles. The average molecular weight is 437 g/mol. The van der Waals surface area contributed by atoms with E-state index in [-0.39, 0.29) is 12.5 Å². The van der Waals surface area contributed by atoms with Gasteiger partial charge >= 0.3 is 5.97 Å². The zero-order chi connectivity index (χ0) is 22.5. The number of hydrogen-bond acceptors (Lipinski definition) is 7. The quantitative estimate of drug-likeness (QED) is 0.572. The van der Waals surface area contributed by atoms with Gasteiger partial charge in [-0.15, -0.1) is 0 Å². The van der Waals surface area contributed by atoms with Crippen molar-refractivity contribution in [1.82, 2.24) is 10.2 Å². The number of carbonyl (C=O) groups excluding carboxylic acids is 2. The lowest BCUT2D eigenvalue weighted by Gasteiger charge is -2.40. The van der Waals surface area contributed by atoms with Crippen molar-refractivity contribution in [1.29, 1.82) is 0 Å². The van der Waals surface area contributed by atoms with Crippen molar-refractivity contribution in [3.05, 3.63) is 60.2 Å². The fraction of sp³-hybridized carbons (Fsp3) is 0.375. The molecule has 2 aliphatic heterocycles. The molecule has 2 aliphatic rings. The first-order valence-corrected chi connectivity index (χ1v) is 10.9. The van der Waals surface area contributed by atoms with Crippen molar-refractivity contribution in [2.24, 2.45) is 10.9 Å². The van der Waals surface area contributed by atoms with Crippen LogP contribution in [0.1, 0.15) is 18.5 Å². The molecule has 1 saturated heterocycles. The molecule has 1 fully saturated rings. The molecule has 2 aromatic carbocycles. The van der Waals surface area contributed by atoms with Gasteiger partial charge in [-0.3, -0.25) is 14.9 Å². The van der Waals surface area contributed by atoms with E-state index in [2.05, 4.69) is 15.1 Å². The summed E-state index contributed by atoms with van der Waals surface area (Å²) < 4.78 is 10.7. The van der Waals surface area contributed by atoms with Crippen LogP contribution in [0.4, 0.5) is 5.69 Å². The van der Waals surface area contributed by atoms with E-state index in [4.69, 9.17) is 14.5 Å². The van der Waals surface area contributed by atoms with Gasteiger partial charge in [0.05, 0.1) is 19.4 Å². The maximum atomic E-state index is 13.0. The zero-order valence-corrected chi connectivity index (χ0v) is 18.4. The van der Waals surface area contributed by atoms with Gasteiger partial charge in [-0.05, 0) is 24.6 Å². The lowest BCUT2D eigenvalue weighted by atomic mass is 9.91. The number of esters is 1. The number of hydrogen-bond donors (Lipinski definition) is 1. The number of carbonyl (C=O) groups is 2. The molecule has 0 unspecified atom stereocenters. The molecule has 1 amide bonds. The first kappa shape index (κ1) is 21.7. The first-order chi connectivity index (χ1) is 15.6. The number of rotatable bonds is 5. The van der Waals surface area contributed by atoms with Crippen molar-refractivity contribution in [3.63, 3.8) is 0 Å². The average Bonchev–Trinajstić information content (AvgIpc) is 2.84. The molecule has 8 nitrogen and oxygen atoms in total. The Morgan fingerprint density at radius 2 is 1.69 bits per heavy atom. The molecule has 0 saturated carbocycles. The van der Waals surface area contributed by atoms with Crippen LogP contribution >= 0.6 is 0 Å². The Morgan fingerprint density at radius 3 is 2.38 bits per heavy atom. The lowest BCUT2D eigenvalue weighted by Crippen LogP contribution is -2.57. The van der Waals surface area contributed by atoms with Crippen LogP contribution in [0.5, 0.6) is 5.75 Å². The second-order valence-corrected chi connectivity index (χ2v) is 7.67. The Morgan fingerprint density at radius 1 is 1.03 bits per heavy atom. The molecule has 4 rings (SSSR count). The predicted molar refractivity (Wildman–Crippen MR) is 122 cm³/mol. The standard InChI is InChI=1S/C24H28N4O4/c1-3-32-23(30)20-21(17-9-5-4-6-10-17)25-24(26-22(20)29)28-15-13-27(14-16-28)18-11-7-8-12-19(18)31-2/h4-12,20-21H,3,13-16H2,1-2H3,(H,25,26,29)/t20-,21+/m1/s1. The number of piperazine rings is 1. The van der Waals surface area contributed by atoms with Crippen molar-refractivity contribution in [2.75, 3.05) is 44.8 Å². The third-order valence-corrected chi connectivity index (χ3v) is 5.78. The van der Waals surface area contributed by atoms with Crippen LogP contribution in [0.25, 0.3) is 0 Å². The third kappa shape index (κ3) is 4.39. The second-order valence-electron chi connectivity index (χ2n) is 7.67. The van der Waals surface area contributed by atoms with Crippen LogP contribution in [-0.4, -0.2) is 62.6 Å². The minimum absolute atomic E-state index is 0.214. The van der Waals surface area contributed by atoms with E-state index in [0.29, 0.717) is 19.0 Å². The molecule has 1 N–H and O–H groups in total. The topological polar surface area (TPSA) is 83.5 Å². The summed E-state index contributed by atoms with van der Waals surface area (Å²) in [7, 11) is 1.67. The number of nitrogens with zero attached hydrogens (tertiary/aromatic N) is 3. The van der Waals surface area contributed by atoms with Gasteiger partial charge in [0, 0.05) is 26.2 Å². The minimum atomic E-state index is -1.00. The fourth-order valence-electron chi connectivity index (χ4n) is 4.17. The number of benzene rings is 2. The third-order valence-electron chi connectivity index (χ3n) is 5.78. The molecule has 168 valence electrons. The van der Waals surface area contributed by atoms with Crippen molar-refractivity contribution < 1.29 is 19.1 Å². The molecule has 32 heavy (non-hydrogen) atoms. The van der Waals surface area contributed by atoms with E-state index in [1.807, 2.05) is 54.6 Å². The van der Waals surface area contributed by atoms with Gasteiger partial charge in [0.25, 0.3) is 0 Å². The van der Waals surface area contributed by atoms with Crippen LogP contribution < -0.4 is 15.0 Å². The highest BCUT2D eigenvalue weighted by molar-refractivity contribution is 6.08. The summed E-state index contributed by atoms with van der Waals surface area (Å²) in [5.74, 6) is -0.595. The van der Waals surface area contributed by atoms with E-state index in [9.17, 15) is 9.59 Å². The highest BCUT2D eigenvalue weighted by Crippen LogP contribution is 2.32. The SMILES string of the molecule is CCOC(=O)[C@H]1C(=O)NC(N2CCN(c3ccccc3OC)CC2)=N[C@H]1c1ccccc1. The number of nitrogens with one attached hydrogen (secondary N) is 1. The molecule has 8 heteroatoms. The van der Waals surface area contributed by atoms with E-state index in [1.54, 1.807) is 14.0 Å². The smallest absolute Gasteiger partial charge is 0.321 e. The van der Waals surface area contributed by atoms with Gasteiger partial charge in [-0.2, -0.15) is 0 Å². The van der Waals surface area contributed by atoms with Crippen molar-refractivity contribution >= 4 is 23.5 Å². The summed E-state index contributed by atoms with van der Waals surface area (Å²) in [6, 6.07) is 16.8. The number of para-hydroxylation sites is 2. The van der Waals surface area contributed by atoms with Crippen LogP contribution in [0.15, 0.2) is 59.6 Å². The summed E-state index contributed by atoms with van der Waals surface area (Å²) in [5, 5.41) is 2.85. The number of ether oxygens (including phenoxy) is 2. The second kappa shape index (κ2) is 9.72. The molecule has 2 heterocycles. The zero-order valence-electron chi connectivity index (χ0n) is 18.4. The maximum Gasteiger partial charge on any atom is 0.321 e. The maximum absolute atomic E-state index is 13.0. The number of guanidine groups is 1. The van der Waals surface area contributed by atoms with Gasteiger partial charge in [0.2, 0.25) is 11.9 Å². The van der Waals surface area contributed by atoms with E-state index < -0.39 is 17.9 Å². The van der Waals surface area contributed by atoms with Gasteiger partial charge < -0.3 is 19.3 Å². The Labute approximate surface area is 187 Å².